The van der Waals surface area contributed by atoms with Crippen LogP contribution in [0.1, 0.15) is 34.6 Å². The molecule has 6 nitrogen and oxygen atoms in total. The van der Waals surface area contributed by atoms with Gasteiger partial charge in [-0.3, -0.25) is 15.1 Å². The number of para-hydroxylation sites is 1. The highest BCUT2D eigenvalue weighted by molar-refractivity contribution is 5.74. The molecule has 3 N–H and O–H groups in total. The summed E-state index contributed by atoms with van der Waals surface area (Å²) in [5.41, 5.74) is 11.8. The van der Waals surface area contributed by atoms with E-state index in [9.17, 15) is 4.79 Å². The first kappa shape index (κ1) is 19.4. The molecule has 0 bridgehead atoms. The van der Waals surface area contributed by atoms with Crippen molar-refractivity contribution in [3.63, 3.8) is 0 Å². The highest BCUT2D eigenvalue weighted by Crippen LogP contribution is 2.22. The van der Waals surface area contributed by atoms with Gasteiger partial charge in [0.25, 0.3) is 0 Å². The van der Waals surface area contributed by atoms with Crippen LogP contribution in [0.15, 0.2) is 60.8 Å². The van der Waals surface area contributed by atoms with Crippen molar-refractivity contribution >= 4 is 12.0 Å². The normalized spacial score (nSPS) is 11.2. The molecule has 1 heterocycles. The number of nitrogens with two attached hydrogens (primary N) is 1. The SMILES string of the molecule is CN.Cc1c(NOC(C)c2cccc(C=O)c2)cnn1-c1ccccc1. The number of hydrogen-bond donors (Lipinski definition) is 2. The van der Waals surface area contributed by atoms with Gasteiger partial charge in [0.1, 0.15) is 18.1 Å². The van der Waals surface area contributed by atoms with Gasteiger partial charge in [0.15, 0.2) is 0 Å². The van der Waals surface area contributed by atoms with Gasteiger partial charge >= 0.3 is 0 Å². The topological polar surface area (TPSA) is 82.2 Å². The third kappa shape index (κ3) is 4.56. The third-order valence-electron chi connectivity index (χ3n) is 3.87. The molecule has 2 aromatic carbocycles. The molecule has 1 unspecified atom stereocenters. The molecule has 1 atom stereocenters. The minimum atomic E-state index is -0.204. The Kier molecular flexibility index (Phi) is 7.08. The first-order valence-corrected chi connectivity index (χ1v) is 8.33. The van der Waals surface area contributed by atoms with E-state index in [-0.39, 0.29) is 6.10 Å². The number of aldehydes is 1. The molecule has 0 amide bonds. The van der Waals surface area contributed by atoms with E-state index in [1.807, 2.05) is 67.1 Å². The second-order valence-electron chi connectivity index (χ2n) is 5.54. The van der Waals surface area contributed by atoms with Crippen LogP contribution in [0.5, 0.6) is 0 Å². The first-order chi connectivity index (χ1) is 12.7. The van der Waals surface area contributed by atoms with Crippen LogP contribution in [0.3, 0.4) is 0 Å². The molecule has 0 aliphatic rings. The zero-order valence-corrected chi connectivity index (χ0v) is 15.2. The van der Waals surface area contributed by atoms with Crippen molar-refractivity contribution in [3.8, 4) is 5.69 Å². The van der Waals surface area contributed by atoms with Crippen molar-refractivity contribution in [2.24, 2.45) is 5.73 Å². The van der Waals surface area contributed by atoms with Gasteiger partial charge < -0.3 is 5.73 Å². The molecule has 136 valence electrons. The number of nitrogens with zero attached hydrogens (tertiary/aromatic N) is 2. The van der Waals surface area contributed by atoms with Crippen molar-refractivity contribution < 1.29 is 9.63 Å². The second kappa shape index (κ2) is 9.50. The maximum Gasteiger partial charge on any atom is 0.150 e. The molecule has 6 heteroatoms. The van der Waals surface area contributed by atoms with Gasteiger partial charge in [-0.05, 0) is 44.7 Å². The van der Waals surface area contributed by atoms with E-state index in [1.165, 1.54) is 7.05 Å². The molecular weight excluding hydrogens is 328 g/mol. The van der Waals surface area contributed by atoms with Gasteiger partial charge in [0.2, 0.25) is 0 Å². The lowest BCUT2D eigenvalue weighted by atomic mass is 10.1. The average Bonchev–Trinajstić information content (AvgIpc) is 3.08. The van der Waals surface area contributed by atoms with Gasteiger partial charge in [-0.15, -0.1) is 0 Å². The van der Waals surface area contributed by atoms with Crippen LogP contribution >= 0.6 is 0 Å². The van der Waals surface area contributed by atoms with E-state index >= 15 is 0 Å². The fourth-order valence-electron chi connectivity index (χ4n) is 2.44. The summed E-state index contributed by atoms with van der Waals surface area (Å²) in [5, 5.41) is 4.39. The summed E-state index contributed by atoms with van der Waals surface area (Å²) >= 11 is 0. The lowest BCUT2D eigenvalue weighted by molar-refractivity contribution is 0.111. The first-order valence-electron chi connectivity index (χ1n) is 8.33. The maximum absolute atomic E-state index is 10.9. The van der Waals surface area contributed by atoms with E-state index in [1.54, 1.807) is 12.3 Å². The summed E-state index contributed by atoms with van der Waals surface area (Å²) in [5.74, 6) is 0. The van der Waals surface area contributed by atoms with E-state index < -0.39 is 0 Å². The molecule has 0 saturated heterocycles. The smallest absolute Gasteiger partial charge is 0.150 e. The summed E-state index contributed by atoms with van der Waals surface area (Å²) in [6.45, 7) is 3.90. The monoisotopic (exact) mass is 352 g/mol. The molecule has 0 aliphatic heterocycles. The Morgan fingerprint density at radius 2 is 1.88 bits per heavy atom. The maximum atomic E-state index is 10.9. The Labute approximate surface area is 153 Å². The predicted octanol–water partition coefficient (Wildman–Crippen LogP) is 3.67. The van der Waals surface area contributed by atoms with Gasteiger partial charge in [-0.2, -0.15) is 5.10 Å². The van der Waals surface area contributed by atoms with E-state index in [2.05, 4.69) is 16.3 Å². The Morgan fingerprint density at radius 1 is 1.15 bits per heavy atom. The molecule has 0 radical (unpaired) electrons. The Balaban J connectivity index is 0.00000117. The third-order valence-corrected chi connectivity index (χ3v) is 3.87. The second-order valence-corrected chi connectivity index (χ2v) is 5.54. The zero-order chi connectivity index (χ0) is 18.9. The van der Waals surface area contributed by atoms with Crippen molar-refractivity contribution in [1.29, 1.82) is 0 Å². The van der Waals surface area contributed by atoms with E-state index in [0.29, 0.717) is 5.56 Å². The quantitative estimate of drug-likeness (QED) is 0.522. The summed E-state index contributed by atoms with van der Waals surface area (Å²) in [6.07, 6.45) is 2.36. The van der Waals surface area contributed by atoms with Crippen LogP contribution in [0, 0.1) is 6.92 Å². The van der Waals surface area contributed by atoms with E-state index in [0.717, 1.165) is 28.9 Å². The number of anilines is 1. The van der Waals surface area contributed by atoms with Gasteiger partial charge in [-0.25, -0.2) is 4.68 Å². The van der Waals surface area contributed by atoms with Crippen molar-refractivity contribution in [1.82, 2.24) is 9.78 Å². The minimum Gasteiger partial charge on any atom is -0.333 e. The lowest BCUT2D eigenvalue weighted by Crippen LogP contribution is -2.08. The molecule has 0 aliphatic carbocycles. The van der Waals surface area contributed by atoms with Crippen molar-refractivity contribution in [2.45, 2.75) is 20.0 Å². The molecule has 26 heavy (non-hydrogen) atoms. The largest absolute Gasteiger partial charge is 0.333 e. The predicted molar refractivity (Wildman–Crippen MR) is 103 cm³/mol. The van der Waals surface area contributed by atoms with Crippen LogP contribution < -0.4 is 11.2 Å². The van der Waals surface area contributed by atoms with Gasteiger partial charge in [0.05, 0.1) is 17.6 Å². The number of nitrogens with one attached hydrogen (secondary N) is 1. The molecule has 1 aromatic heterocycles. The summed E-state index contributed by atoms with van der Waals surface area (Å²) in [6, 6.07) is 17.3. The fraction of sp³-hybridized carbons (Fsp3) is 0.200. The van der Waals surface area contributed by atoms with Crippen LogP contribution in [0.4, 0.5) is 5.69 Å². The summed E-state index contributed by atoms with van der Waals surface area (Å²) in [4.78, 5) is 16.6. The van der Waals surface area contributed by atoms with Crippen molar-refractivity contribution in [3.05, 3.63) is 77.6 Å². The number of carbonyl (C=O) groups is 1. The Bertz CT molecular complexity index is 831. The van der Waals surface area contributed by atoms with Crippen LogP contribution in [-0.2, 0) is 4.84 Å². The molecule has 3 aromatic rings. The van der Waals surface area contributed by atoms with Crippen LogP contribution in [0.2, 0.25) is 0 Å². The highest BCUT2D eigenvalue weighted by atomic mass is 16.7. The molecular formula is C20H24N4O2. The molecule has 3 rings (SSSR count). The Hall–Kier alpha value is -2.96. The van der Waals surface area contributed by atoms with E-state index in [4.69, 9.17) is 4.84 Å². The zero-order valence-electron chi connectivity index (χ0n) is 15.2. The van der Waals surface area contributed by atoms with Gasteiger partial charge in [-0.1, -0.05) is 36.4 Å². The fourth-order valence-corrected chi connectivity index (χ4v) is 2.44. The average molecular weight is 352 g/mol. The molecule has 0 saturated carbocycles. The molecule has 0 spiro atoms. The highest BCUT2D eigenvalue weighted by Gasteiger charge is 2.11. The Morgan fingerprint density at radius 3 is 2.58 bits per heavy atom. The standard InChI is InChI=1S/C19H19N3O2.CH5N/c1-14-19(12-20-22(14)18-9-4-3-5-10-18)21-24-15(2)17-8-6-7-16(11-17)13-23;1-2/h3-13,15,21H,1-2H3;2H2,1H3. The lowest BCUT2D eigenvalue weighted by Gasteiger charge is -2.14. The number of aromatic nitrogens is 2. The number of carbonyl (C=O) groups excluding carboxylic acids is 1. The van der Waals surface area contributed by atoms with Crippen LogP contribution in [0.25, 0.3) is 5.69 Å². The van der Waals surface area contributed by atoms with Crippen LogP contribution in [-0.4, -0.2) is 23.1 Å². The minimum absolute atomic E-state index is 0.204. The molecule has 0 fully saturated rings. The number of rotatable bonds is 6. The van der Waals surface area contributed by atoms with Gasteiger partial charge in [0, 0.05) is 5.56 Å². The number of benzene rings is 2. The summed E-state index contributed by atoms with van der Waals surface area (Å²) < 4.78 is 1.85. The number of hydrogen-bond acceptors (Lipinski definition) is 5. The van der Waals surface area contributed by atoms with Crippen molar-refractivity contribution in [2.75, 3.05) is 12.5 Å². The summed E-state index contributed by atoms with van der Waals surface area (Å²) in [7, 11) is 1.50.